The number of benzene rings is 4. The number of carbonyl (C=O) groups excluding carboxylic acids is 2. The average Bonchev–Trinajstić information content (AvgIpc) is 3.05. The van der Waals surface area contributed by atoms with Gasteiger partial charge in [-0.05, 0) is 94.4 Å². The molecule has 0 aliphatic heterocycles. The van der Waals surface area contributed by atoms with E-state index in [4.69, 9.17) is 4.74 Å². The number of hydrogen-bond acceptors (Lipinski definition) is 6. The Labute approximate surface area is 259 Å². The molecule has 10 heteroatoms. The smallest absolute Gasteiger partial charge is 0.399 e. The summed E-state index contributed by atoms with van der Waals surface area (Å²) in [6.07, 6.45) is 3.19. The second-order valence-corrected chi connectivity index (χ2v) is 12.7. The molecule has 0 aliphatic rings. The molecule has 4 rings (SSSR count). The van der Waals surface area contributed by atoms with Crippen LogP contribution in [0, 0.1) is 5.82 Å². The Balaban J connectivity index is 1.81. The largest absolute Gasteiger partial charge is 0.459 e. The van der Waals surface area contributed by atoms with E-state index in [-0.39, 0.29) is 35.9 Å². The van der Waals surface area contributed by atoms with Gasteiger partial charge < -0.3 is 4.74 Å². The van der Waals surface area contributed by atoms with Crippen molar-refractivity contribution < 1.29 is 41.8 Å². The third kappa shape index (κ3) is 8.66. The number of rotatable bonds is 14. The van der Waals surface area contributed by atoms with Crippen LogP contribution in [0.2, 0.25) is 0 Å². The standard InChI is InChI=1S/C35H32F3O6P/c1-25(2)42-34(40)30-14-18-31(19-15-30)35(22-6-9-26-7-4-3-5-8-26,33(39)29-16-20-32(36)21-17-29)23-27-10-12-28(13-11-27)24-45(41,43-37)44-38/h3-21,25H,22-24H2,1-2H3. The molecule has 4 aromatic carbocycles. The van der Waals surface area contributed by atoms with Crippen LogP contribution in [0.15, 0.2) is 109 Å². The Morgan fingerprint density at radius 2 is 1.38 bits per heavy atom. The highest BCUT2D eigenvalue weighted by Crippen LogP contribution is 2.52. The van der Waals surface area contributed by atoms with Crippen LogP contribution in [-0.2, 0) is 36.8 Å². The van der Waals surface area contributed by atoms with E-state index < -0.39 is 31.0 Å². The molecule has 45 heavy (non-hydrogen) atoms. The fourth-order valence-corrected chi connectivity index (χ4v) is 5.81. The summed E-state index contributed by atoms with van der Waals surface area (Å²) in [7, 11) is -4.60. The zero-order valence-corrected chi connectivity index (χ0v) is 25.6. The van der Waals surface area contributed by atoms with Crippen molar-refractivity contribution in [1.29, 1.82) is 0 Å². The number of ether oxygens (including phenoxy) is 1. The molecule has 0 aromatic heterocycles. The molecule has 0 N–H and O–H groups in total. The maximum Gasteiger partial charge on any atom is 0.399 e. The van der Waals surface area contributed by atoms with Crippen LogP contribution in [0.4, 0.5) is 13.4 Å². The SMILES string of the molecule is CC(C)OC(=O)c1ccc(C(CC=Cc2ccccc2)(Cc2ccc(CP(=O)(OF)OF)cc2)C(=O)c2ccc(F)cc2)cc1. The Hall–Kier alpha value is -4.30. The van der Waals surface area contributed by atoms with E-state index in [1.54, 1.807) is 50.2 Å². The van der Waals surface area contributed by atoms with Crippen LogP contribution in [0.1, 0.15) is 63.2 Å². The molecule has 4 aromatic rings. The highest BCUT2D eigenvalue weighted by atomic mass is 31.2. The lowest BCUT2D eigenvalue weighted by molar-refractivity contribution is -0.0881. The molecule has 0 heterocycles. The van der Waals surface area contributed by atoms with Crippen molar-refractivity contribution in [3.05, 3.63) is 148 Å². The number of Topliss-reactive ketones (excluding diaryl/α,β-unsaturated/α-hetero) is 1. The maximum atomic E-state index is 14.5. The zero-order chi connectivity index (χ0) is 32.5. The van der Waals surface area contributed by atoms with Crippen LogP contribution >= 0.6 is 7.60 Å². The molecule has 0 amide bonds. The van der Waals surface area contributed by atoms with E-state index in [1.165, 1.54) is 36.4 Å². The molecular formula is C35H32F3O6P. The van der Waals surface area contributed by atoms with Gasteiger partial charge in [-0.1, -0.05) is 78.9 Å². The van der Waals surface area contributed by atoms with Crippen molar-refractivity contribution >= 4 is 25.4 Å². The highest BCUT2D eigenvalue weighted by Gasteiger charge is 2.40. The monoisotopic (exact) mass is 636 g/mol. The number of halogens is 3. The molecule has 0 saturated carbocycles. The van der Waals surface area contributed by atoms with Gasteiger partial charge in [0.25, 0.3) is 0 Å². The van der Waals surface area contributed by atoms with Gasteiger partial charge in [-0.2, -0.15) is 0 Å². The van der Waals surface area contributed by atoms with Gasteiger partial charge in [0.05, 0.1) is 23.2 Å². The quantitative estimate of drug-likeness (QED) is 0.0780. The normalized spacial score (nSPS) is 13.1. The van der Waals surface area contributed by atoms with Crippen LogP contribution in [-0.4, -0.2) is 17.9 Å². The first kappa shape index (κ1) is 33.6. The number of ketones is 1. The summed E-state index contributed by atoms with van der Waals surface area (Å²) in [4.78, 5) is 27.1. The molecule has 0 saturated heterocycles. The van der Waals surface area contributed by atoms with E-state index in [1.807, 2.05) is 42.5 Å². The van der Waals surface area contributed by atoms with Crippen LogP contribution in [0.25, 0.3) is 6.08 Å². The van der Waals surface area contributed by atoms with E-state index in [9.17, 15) is 27.6 Å². The van der Waals surface area contributed by atoms with Crippen LogP contribution in [0.3, 0.4) is 0 Å². The van der Waals surface area contributed by atoms with Crippen molar-refractivity contribution in [3.8, 4) is 0 Å². The minimum absolute atomic E-state index is 0.148. The zero-order valence-electron chi connectivity index (χ0n) is 24.7. The van der Waals surface area contributed by atoms with Gasteiger partial charge in [0.2, 0.25) is 0 Å². The van der Waals surface area contributed by atoms with Gasteiger partial charge in [0.15, 0.2) is 5.78 Å². The Bertz CT molecular complexity index is 1650. The number of hydrogen-bond donors (Lipinski definition) is 0. The molecule has 0 fully saturated rings. The summed E-state index contributed by atoms with van der Waals surface area (Å²) >= 11 is 0. The first-order chi connectivity index (χ1) is 21.6. The molecule has 0 bridgehead atoms. The minimum Gasteiger partial charge on any atom is -0.459 e. The lowest BCUT2D eigenvalue weighted by Crippen LogP contribution is -2.38. The number of allylic oxidation sites excluding steroid dienone is 1. The van der Waals surface area contributed by atoms with Gasteiger partial charge in [0, 0.05) is 5.56 Å². The Kier molecular flexibility index (Phi) is 11.3. The van der Waals surface area contributed by atoms with Crippen LogP contribution in [0.5, 0.6) is 0 Å². The topological polar surface area (TPSA) is 78.9 Å². The predicted octanol–water partition coefficient (Wildman–Crippen LogP) is 9.35. The summed E-state index contributed by atoms with van der Waals surface area (Å²) in [5.74, 6) is -1.28. The van der Waals surface area contributed by atoms with Crippen molar-refractivity contribution in [1.82, 2.24) is 0 Å². The lowest BCUT2D eigenvalue weighted by atomic mass is 9.68. The van der Waals surface area contributed by atoms with E-state index >= 15 is 0 Å². The van der Waals surface area contributed by atoms with E-state index in [0.29, 0.717) is 16.7 Å². The van der Waals surface area contributed by atoms with Gasteiger partial charge in [-0.3, -0.25) is 9.36 Å². The fourth-order valence-electron chi connectivity index (χ4n) is 5.04. The molecule has 0 radical (unpaired) electrons. The number of carbonyl (C=O) groups is 2. The van der Waals surface area contributed by atoms with E-state index in [2.05, 4.69) is 9.46 Å². The first-order valence-corrected chi connectivity index (χ1v) is 15.9. The lowest BCUT2D eigenvalue weighted by Gasteiger charge is -2.33. The number of esters is 1. The predicted molar refractivity (Wildman–Crippen MR) is 165 cm³/mol. The Morgan fingerprint density at radius 1 is 0.800 bits per heavy atom. The molecule has 234 valence electrons. The van der Waals surface area contributed by atoms with Crippen molar-refractivity contribution in [3.63, 3.8) is 0 Å². The minimum atomic E-state index is -4.60. The molecule has 1 unspecified atom stereocenters. The van der Waals surface area contributed by atoms with Gasteiger partial charge in [-0.15, -0.1) is 9.46 Å². The molecule has 1 atom stereocenters. The van der Waals surface area contributed by atoms with Crippen molar-refractivity contribution in [2.24, 2.45) is 0 Å². The van der Waals surface area contributed by atoms with E-state index in [0.717, 1.165) is 5.56 Å². The molecule has 0 aliphatic carbocycles. The van der Waals surface area contributed by atoms with Crippen molar-refractivity contribution in [2.45, 2.75) is 44.4 Å². The summed E-state index contributed by atoms with van der Waals surface area (Å²) in [5.41, 5.74) is 1.82. The van der Waals surface area contributed by atoms with Gasteiger partial charge >= 0.3 is 13.6 Å². The molecular weight excluding hydrogens is 604 g/mol. The van der Waals surface area contributed by atoms with Gasteiger partial charge in [-0.25, -0.2) is 9.18 Å². The summed E-state index contributed by atoms with van der Waals surface area (Å²) in [6, 6.07) is 27.8. The molecule has 0 spiro atoms. The third-order valence-electron chi connectivity index (χ3n) is 7.25. The second kappa shape index (κ2) is 15.1. The summed E-state index contributed by atoms with van der Waals surface area (Å²) in [6.45, 7) is 3.49. The second-order valence-electron chi connectivity index (χ2n) is 10.9. The first-order valence-electron chi connectivity index (χ1n) is 14.2. The maximum absolute atomic E-state index is 14.5. The average molecular weight is 637 g/mol. The summed E-state index contributed by atoms with van der Waals surface area (Å²) < 4.78 is 62.9. The van der Waals surface area contributed by atoms with Crippen LogP contribution < -0.4 is 0 Å². The fraction of sp³-hybridized carbons (Fsp3) is 0.200. The third-order valence-corrected chi connectivity index (χ3v) is 8.42. The van der Waals surface area contributed by atoms with Gasteiger partial charge in [0.1, 0.15) is 5.82 Å². The molecule has 6 nitrogen and oxygen atoms in total. The summed E-state index contributed by atoms with van der Waals surface area (Å²) in [5, 5.41) is 0. The highest BCUT2D eigenvalue weighted by molar-refractivity contribution is 7.52. The van der Waals surface area contributed by atoms with Crippen molar-refractivity contribution in [2.75, 3.05) is 0 Å². The Morgan fingerprint density at radius 3 is 1.96 bits per heavy atom.